The first kappa shape index (κ1) is 15.1. The first-order valence-corrected chi connectivity index (χ1v) is 6.87. The van der Waals surface area contributed by atoms with Gasteiger partial charge in [-0.25, -0.2) is 0 Å². The molecule has 2 rings (SSSR count). The summed E-state index contributed by atoms with van der Waals surface area (Å²) in [6.45, 7) is 0.427. The molecular weight excluding hydrogens is 297 g/mol. The molecule has 4 nitrogen and oxygen atoms in total. The maximum Gasteiger partial charge on any atom is 0.119 e. The maximum absolute atomic E-state index is 6.07. The van der Waals surface area contributed by atoms with Crippen LogP contribution in [-0.4, -0.2) is 17.6 Å². The number of hydrogen-bond acceptors (Lipinski definition) is 4. The van der Waals surface area contributed by atoms with Gasteiger partial charge in [-0.2, -0.15) is 0 Å². The van der Waals surface area contributed by atoms with E-state index in [-0.39, 0.29) is 6.04 Å². The Morgan fingerprint density at radius 2 is 1.95 bits per heavy atom. The zero-order valence-electron chi connectivity index (χ0n) is 10.7. The van der Waals surface area contributed by atoms with E-state index in [4.69, 9.17) is 33.8 Å². The average Bonchev–Trinajstić information content (AvgIpc) is 2.47. The Balaban J connectivity index is 1.92. The van der Waals surface area contributed by atoms with Crippen LogP contribution in [0.2, 0.25) is 10.0 Å². The lowest BCUT2D eigenvalue weighted by Crippen LogP contribution is -2.41. The van der Waals surface area contributed by atoms with Crippen LogP contribution in [0.1, 0.15) is 5.56 Å². The van der Waals surface area contributed by atoms with Gasteiger partial charge in [0.2, 0.25) is 0 Å². The molecular formula is C14H15Cl2N3O. The van der Waals surface area contributed by atoms with Gasteiger partial charge < -0.3 is 4.74 Å². The third kappa shape index (κ3) is 4.35. The van der Waals surface area contributed by atoms with Crippen molar-refractivity contribution in [2.75, 3.05) is 6.61 Å². The number of hydrogen-bond donors (Lipinski definition) is 2. The molecule has 0 aliphatic carbocycles. The fourth-order valence-electron chi connectivity index (χ4n) is 1.73. The number of aromatic nitrogens is 1. The molecule has 0 radical (unpaired) electrons. The maximum atomic E-state index is 6.07. The van der Waals surface area contributed by atoms with Crippen LogP contribution in [0, 0.1) is 0 Å². The quantitative estimate of drug-likeness (QED) is 0.636. The van der Waals surface area contributed by atoms with E-state index in [2.05, 4.69) is 10.4 Å². The minimum Gasteiger partial charge on any atom is -0.492 e. The summed E-state index contributed by atoms with van der Waals surface area (Å²) in [7, 11) is 0. The highest BCUT2D eigenvalue weighted by Crippen LogP contribution is 2.17. The van der Waals surface area contributed by atoms with Crippen molar-refractivity contribution < 1.29 is 4.74 Å². The standard InChI is InChI=1S/C14H15Cl2N3O/c15-11-1-3-13(4-2-11)20-9-12(19-17)7-10-5-6-18-8-14(10)16/h1-6,8,12,19H,7,9,17H2. The Kier molecular flexibility index (Phi) is 5.61. The minimum absolute atomic E-state index is 0.0504. The van der Waals surface area contributed by atoms with E-state index in [0.717, 1.165) is 11.3 Å². The van der Waals surface area contributed by atoms with Gasteiger partial charge in [-0.1, -0.05) is 23.2 Å². The van der Waals surface area contributed by atoms with Gasteiger partial charge in [0, 0.05) is 17.4 Å². The van der Waals surface area contributed by atoms with Crippen LogP contribution in [0.4, 0.5) is 0 Å². The summed E-state index contributed by atoms with van der Waals surface area (Å²) >= 11 is 11.9. The highest BCUT2D eigenvalue weighted by atomic mass is 35.5. The van der Waals surface area contributed by atoms with Crippen molar-refractivity contribution in [3.8, 4) is 5.75 Å². The number of pyridine rings is 1. The van der Waals surface area contributed by atoms with Gasteiger partial charge in [-0.3, -0.25) is 16.3 Å². The summed E-state index contributed by atoms with van der Waals surface area (Å²) in [6, 6.07) is 9.01. The molecule has 0 aliphatic rings. The Hall–Kier alpha value is -1.33. The second kappa shape index (κ2) is 7.45. The predicted octanol–water partition coefficient (Wildman–Crippen LogP) is 2.84. The summed E-state index contributed by atoms with van der Waals surface area (Å²) in [5.74, 6) is 6.29. The topological polar surface area (TPSA) is 60.2 Å². The van der Waals surface area contributed by atoms with E-state index in [0.29, 0.717) is 23.1 Å². The monoisotopic (exact) mass is 311 g/mol. The minimum atomic E-state index is -0.0504. The van der Waals surface area contributed by atoms with Gasteiger partial charge >= 0.3 is 0 Å². The van der Waals surface area contributed by atoms with Crippen LogP contribution >= 0.6 is 23.2 Å². The van der Waals surface area contributed by atoms with Crippen molar-refractivity contribution in [1.29, 1.82) is 0 Å². The van der Waals surface area contributed by atoms with Crippen LogP contribution in [0.15, 0.2) is 42.7 Å². The zero-order chi connectivity index (χ0) is 14.4. The molecule has 0 fully saturated rings. The third-order valence-electron chi connectivity index (χ3n) is 2.82. The molecule has 1 atom stereocenters. The van der Waals surface area contributed by atoms with Crippen LogP contribution in [0.5, 0.6) is 5.75 Å². The largest absolute Gasteiger partial charge is 0.492 e. The summed E-state index contributed by atoms with van der Waals surface area (Å²) in [5, 5.41) is 1.30. The fraction of sp³-hybridized carbons (Fsp3) is 0.214. The molecule has 20 heavy (non-hydrogen) atoms. The van der Waals surface area contributed by atoms with E-state index in [1.165, 1.54) is 0 Å². The molecule has 0 saturated heterocycles. The number of ether oxygens (including phenoxy) is 1. The van der Waals surface area contributed by atoms with Crippen molar-refractivity contribution in [2.24, 2.45) is 5.84 Å². The predicted molar refractivity (Wildman–Crippen MR) is 81.0 cm³/mol. The second-order valence-corrected chi connectivity index (χ2v) is 5.14. The highest BCUT2D eigenvalue weighted by molar-refractivity contribution is 6.31. The Bertz CT molecular complexity index is 548. The Morgan fingerprint density at radius 1 is 1.20 bits per heavy atom. The summed E-state index contributed by atoms with van der Waals surface area (Å²) < 4.78 is 5.67. The number of benzene rings is 1. The lowest BCUT2D eigenvalue weighted by Gasteiger charge is -2.17. The van der Waals surface area contributed by atoms with Gasteiger partial charge in [-0.15, -0.1) is 0 Å². The summed E-state index contributed by atoms with van der Waals surface area (Å²) in [6.07, 6.45) is 3.98. The molecule has 2 aromatic rings. The molecule has 0 aliphatic heterocycles. The van der Waals surface area contributed by atoms with Gasteiger partial charge in [0.25, 0.3) is 0 Å². The van der Waals surface area contributed by atoms with Gasteiger partial charge in [-0.05, 0) is 42.3 Å². The number of hydrazine groups is 1. The van der Waals surface area contributed by atoms with Gasteiger partial charge in [0.05, 0.1) is 11.1 Å². The molecule has 1 aromatic heterocycles. The summed E-state index contributed by atoms with van der Waals surface area (Å²) in [4.78, 5) is 3.95. The van der Waals surface area contributed by atoms with Crippen molar-refractivity contribution in [2.45, 2.75) is 12.5 Å². The highest BCUT2D eigenvalue weighted by Gasteiger charge is 2.11. The van der Waals surface area contributed by atoms with Gasteiger partial charge in [0.15, 0.2) is 0 Å². The molecule has 106 valence electrons. The van der Waals surface area contributed by atoms with Crippen LogP contribution in [-0.2, 0) is 6.42 Å². The zero-order valence-corrected chi connectivity index (χ0v) is 12.2. The van der Waals surface area contributed by atoms with E-state index in [1.54, 1.807) is 24.5 Å². The number of rotatable bonds is 6. The van der Waals surface area contributed by atoms with Crippen LogP contribution in [0.25, 0.3) is 0 Å². The molecule has 0 spiro atoms. The first-order valence-electron chi connectivity index (χ1n) is 6.12. The number of halogens is 2. The molecule has 0 saturated carbocycles. The normalized spacial score (nSPS) is 12.2. The lowest BCUT2D eigenvalue weighted by molar-refractivity contribution is 0.264. The SMILES string of the molecule is NNC(COc1ccc(Cl)cc1)Cc1ccncc1Cl. The first-order chi connectivity index (χ1) is 9.69. The van der Waals surface area contributed by atoms with E-state index < -0.39 is 0 Å². The molecule has 1 aromatic carbocycles. The Morgan fingerprint density at radius 3 is 2.60 bits per heavy atom. The third-order valence-corrected chi connectivity index (χ3v) is 3.42. The van der Waals surface area contributed by atoms with E-state index >= 15 is 0 Å². The Labute approximate surface area is 127 Å². The average molecular weight is 312 g/mol. The van der Waals surface area contributed by atoms with Crippen molar-refractivity contribution in [3.05, 3.63) is 58.3 Å². The number of nitrogens with zero attached hydrogens (tertiary/aromatic N) is 1. The fourth-order valence-corrected chi connectivity index (χ4v) is 2.05. The molecule has 3 N–H and O–H groups in total. The second-order valence-electron chi connectivity index (χ2n) is 4.30. The van der Waals surface area contributed by atoms with Gasteiger partial charge in [0.1, 0.15) is 12.4 Å². The molecule has 1 heterocycles. The lowest BCUT2D eigenvalue weighted by atomic mass is 10.1. The van der Waals surface area contributed by atoms with E-state index in [1.807, 2.05) is 18.2 Å². The van der Waals surface area contributed by atoms with Crippen molar-refractivity contribution >= 4 is 23.2 Å². The summed E-state index contributed by atoms with van der Waals surface area (Å²) in [5.41, 5.74) is 3.71. The van der Waals surface area contributed by atoms with Crippen molar-refractivity contribution in [3.63, 3.8) is 0 Å². The number of nitrogens with one attached hydrogen (secondary N) is 1. The van der Waals surface area contributed by atoms with Crippen molar-refractivity contribution in [1.82, 2.24) is 10.4 Å². The van der Waals surface area contributed by atoms with Crippen LogP contribution in [0.3, 0.4) is 0 Å². The number of nitrogens with two attached hydrogens (primary N) is 1. The van der Waals surface area contributed by atoms with Crippen LogP contribution < -0.4 is 16.0 Å². The van der Waals surface area contributed by atoms with E-state index in [9.17, 15) is 0 Å². The molecule has 1 unspecified atom stereocenters. The molecule has 0 amide bonds. The molecule has 6 heteroatoms. The smallest absolute Gasteiger partial charge is 0.119 e. The molecule has 0 bridgehead atoms.